The van der Waals surface area contributed by atoms with Crippen molar-refractivity contribution in [1.82, 2.24) is 9.55 Å². The summed E-state index contributed by atoms with van der Waals surface area (Å²) in [5.41, 5.74) is -0.220. The van der Waals surface area contributed by atoms with Crippen molar-refractivity contribution in [2.45, 2.75) is 13.5 Å². The van der Waals surface area contributed by atoms with Crippen LogP contribution in [0, 0.1) is 0 Å². The third kappa shape index (κ3) is 2.16. The van der Waals surface area contributed by atoms with Crippen LogP contribution in [0.4, 0.5) is 5.82 Å². The number of carbonyl (C=O) groups is 1. The predicted octanol–water partition coefficient (Wildman–Crippen LogP) is 1.18. The summed E-state index contributed by atoms with van der Waals surface area (Å²) in [6.07, 6.45) is 1.35. The fraction of sp³-hybridized carbons (Fsp3) is 0.308. The van der Waals surface area contributed by atoms with E-state index in [4.69, 9.17) is 5.11 Å². The topological polar surface area (TPSA) is 75.4 Å². The zero-order valence-corrected chi connectivity index (χ0v) is 11.0. The Hall–Kier alpha value is -2.37. The van der Waals surface area contributed by atoms with Crippen LogP contribution in [-0.2, 0) is 6.54 Å². The highest BCUT2D eigenvalue weighted by molar-refractivity contribution is 5.92. The first kappa shape index (κ1) is 13.1. The summed E-state index contributed by atoms with van der Waals surface area (Å²) in [4.78, 5) is 29.4. The van der Waals surface area contributed by atoms with Crippen molar-refractivity contribution in [2.75, 3.05) is 19.0 Å². The van der Waals surface area contributed by atoms with E-state index in [1.165, 1.54) is 6.20 Å². The standard InChI is InChI=1S/C13H15N3O3/c1-4-16-7-9(13(18)19)11(17)8-5-6-10(15(2)3)14-12(8)16/h5-7H,4H2,1-3H3,(H,18,19). The lowest BCUT2D eigenvalue weighted by Gasteiger charge is -2.14. The number of carboxylic acids is 1. The molecule has 0 aliphatic rings. The predicted molar refractivity (Wildman–Crippen MR) is 73.0 cm³/mol. The molecule has 19 heavy (non-hydrogen) atoms. The molecule has 2 heterocycles. The van der Waals surface area contributed by atoms with Gasteiger partial charge in [0.1, 0.15) is 17.0 Å². The molecule has 0 aliphatic heterocycles. The summed E-state index contributed by atoms with van der Waals surface area (Å²) in [6.45, 7) is 2.42. The van der Waals surface area contributed by atoms with E-state index in [1.807, 2.05) is 25.9 Å². The van der Waals surface area contributed by atoms with Gasteiger partial charge >= 0.3 is 5.97 Å². The second-order valence-electron chi connectivity index (χ2n) is 4.40. The van der Waals surface area contributed by atoms with Gasteiger partial charge in [0.15, 0.2) is 0 Å². The van der Waals surface area contributed by atoms with Gasteiger partial charge in [-0.2, -0.15) is 0 Å². The molecule has 0 radical (unpaired) electrons. The third-order valence-electron chi connectivity index (χ3n) is 2.94. The van der Waals surface area contributed by atoms with E-state index in [-0.39, 0.29) is 5.56 Å². The minimum Gasteiger partial charge on any atom is -0.477 e. The van der Waals surface area contributed by atoms with E-state index < -0.39 is 11.4 Å². The molecule has 0 atom stereocenters. The number of anilines is 1. The van der Waals surface area contributed by atoms with Crippen LogP contribution in [0.3, 0.4) is 0 Å². The van der Waals surface area contributed by atoms with Crippen molar-refractivity contribution >= 4 is 22.8 Å². The maximum Gasteiger partial charge on any atom is 0.341 e. The fourth-order valence-corrected chi connectivity index (χ4v) is 1.90. The first-order chi connectivity index (χ1) is 8.95. The van der Waals surface area contributed by atoms with Crippen LogP contribution in [0.2, 0.25) is 0 Å². The van der Waals surface area contributed by atoms with Gasteiger partial charge in [0, 0.05) is 26.8 Å². The van der Waals surface area contributed by atoms with E-state index >= 15 is 0 Å². The van der Waals surface area contributed by atoms with Gasteiger partial charge in [-0.1, -0.05) is 0 Å². The molecule has 6 nitrogen and oxygen atoms in total. The van der Waals surface area contributed by atoms with Crippen molar-refractivity contribution in [1.29, 1.82) is 0 Å². The van der Waals surface area contributed by atoms with Gasteiger partial charge in [-0.15, -0.1) is 0 Å². The normalized spacial score (nSPS) is 10.7. The number of hydrogen-bond donors (Lipinski definition) is 1. The van der Waals surface area contributed by atoms with E-state index in [0.29, 0.717) is 17.6 Å². The van der Waals surface area contributed by atoms with Crippen molar-refractivity contribution in [2.24, 2.45) is 0 Å². The number of hydrogen-bond acceptors (Lipinski definition) is 4. The second-order valence-corrected chi connectivity index (χ2v) is 4.40. The largest absolute Gasteiger partial charge is 0.477 e. The van der Waals surface area contributed by atoms with Crippen molar-refractivity contribution in [3.8, 4) is 0 Å². The summed E-state index contributed by atoms with van der Waals surface area (Å²) in [6, 6.07) is 3.33. The molecule has 0 amide bonds. The molecule has 0 bridgehead atoms. The number of aromatic nitrogens is 2. The number of nitrogens with zero attached hydrogens (tertiary/aromatic N) is 3. The lowest BCUT2D eigenvalue weighted by atomic mass is 10.2. The third-order valence-corrected chi connectivity index (χ3v) is 2.94. The SMILES string of the molecule is CCn1cc(C(=O)O)c(=O)c2ccc(N(C)C)nc21. The minimum atomic E-state index is -1.22. The van der Waals surface area contributed by atoms with Crippen LogP contribution >= 0.6 is 0 Å². The van der Waals surface area contributed by atoms with E-state index in [2.05, 4.69) is 4.98 Å². The summed E-state index contributed by atoms with van der Waals surface area (Å²) in [5, 5.41) is 9.37. The summed E-state index contributed by atoms with van der Waals surface area (Å²) < 4.78 is 1.67. The molecular formula is C13H15N3O3. The first-order valence-corrected chi connectivity index (χ1v) is 5.90. The molecule has 0 spiro atoms. The molecule has 2 aromatic rings. The zero-order chi connectivity index (χ0) is 14.2. The fourth-order valence-electron chi connectivity index (χ4n) is 1.90. The quantitative estimate of drug-likeness (QED) is 0.898. The van der Waals surface area contributed by atoms with Crippen molar-refractivity contribution < 1.29 is 9.90 Å². The average molecular weight is 261 g/mol. The Balaban J connectivity index is 2.86. The Kier molecular flexibility index (Phi) is 3.25. The molecule has 0 aliphatic carbocycles. The zero-order valence-electron chi connectivity index (χ0n) is 11.0. The Labute approximate surface area is 109 Å². The van der Waals surface area contributed by atoms with Crippen molar-refractivity contribution in [3.63, 3.8) is 0 Å². The number of fused-ring (bicyclic) bond motifs is 1. The number of rotatable bonds is 3. The van der Waals surface area contributed by atoms with Crippen LogP contribution < -0.4 is 10.3 Å². The lowest BCUT2D eigenvalue weighted by Crippen LogP contribution is -2.20. The Bertz CT molecular complexity index is 704. The lowest BCUT2D eigenvalue weighted by molar-refractivity contribution is 0.0695. The Morgan fingerprint density at radius 1 is 1.42 bits per heavy atom. The maximum absolute atomic E-state index is 12.1. The Morgan fingerprint density at radius 2 is 2.11 bits per heavy atom. The molecule has 2 rings (SSSR count). The smallest absolute Gasteiger partial charge is 0.341 e. The molecule has 0 unspecified atom stereocenters. The molecule has 100 valence electrons. The van der Waals surface area contributed by atoms with E-state index in [9.17, 15) is 9.59 Å². The highest BCUT2D eigenvalue weighted by atomic mass is 16.4. The van der Waals surface area contributed by atoms with Crippen molar-refractivity contribution in [3.05, 3.63) is 34.1 Å². The number of aromatic carboxylic acids is 1. The van der Waals surface area contributed by atoms with Gasteiger partial charge in [-0.25, -0.2) is 9.78 Å². The average Bonchev–Trinajstić information content (AvgIpc) is 2.38. The highest BCUT2D eigenvalue weighted by Crippen LogP contribution is 2.15. The van der Waals surface area contributed by atoms with Gasteiger partial charge in [0.2, 0.25) is 5.43 Å². The second kappa shape index (κ2) is 4.72. The summed E-state index contributed by atoms with van der Waals surface area (Å²) in [7, 11) is 3.71. The van der Waals surface area contributed by atoms with Gasteiger partial charge in [0.05, 0.1) is 5.39 Å². The highest BCUT2D eigenvalue weighted by Gasteiger charge is 2.15. The molecule has 0 saturated carbocycles. The molecule has 2 aromatic heterocycles. The van der Waals surface area contributed by atoms with E-state index in [0.717, 1.165) is 5.82 Å². The molecular weight excluding hydrogens is 246 g/mol. The van der Waals surface area contributed by atoms with Gasteiger partial charge in [-0.05, 0) is 19.1 Å². The minimum absolute atomic E-state index is 0.228. The molecule has 0 saturated heterocycles. The number of aryl methyl sites for hydroxylation is 1. The number of carboxylic acid groups (broad SMARTS) is 1. The Morgan fingerprint density at radius 3 is 2.63 bits per heavy atom. The summed E-state index contributed by atoms with van der Waals surface area (Å²) >= 11 is 0. The summed E-state index contributed by atoms with van der Waals surface area (Å²) in [5.74, 6) is -0.497. The van der Waals surface area contributed by atoms with E-state index in [1.54, 1.807) is 16.7 Å². The molecule has 0 fully saturated rings. The first-order valence-electron chi connectivity index (χ1n) is 5.90. The van der Waals surface area contributed by atoms with Gasteiger partial charge < -0.3 is 14.6 Å². The maximum atomic E-state index is 12.1. The molecule has 0 aromatic carbocycles. The molecule has 1 N–H and O–H groups in total. The number of pyridine rings is 2. The van der Waals surface area contributed by atoms with Crippen LogP contribution in [0.5, 0.6) is 0 Å². The van der Waals surface area contributed by atoms with Crippen LogP contribution in [0.15, 0.2) is 23.1 Å². The van der Waals surface area contributed by atoms with Gasteiger partial charge in [0.25, 0.3) is 0 Å². The van der Waals surface area contributed by atoms with Crippen LogP contribution in [-0.4, -0.2) is 34.7 Å². The monoisotopic (exact) mass is 261 g/mol. The van der Waals surface area contributed by atoms with Crippen LogP contribution in [0.1, 0.15) is 17.3 Å². The molecule has 6 heteroatoms. The van der Waals surface area contributed by atoms with Crippen LogP contribution in [0.25, 0.3) is 11.0 Å². The van der Waals surface area contributed by atoms with Gasteiger partial charge in [-0.3, -0.25) is 4.79 Å².